The lowest BCUT2D eigenvalue weighted by atomic mass is 9.74. The zero-order chi connectivity index (χ0) is 14.9. The third kappa shape index (κ3) is 4.71. The lowest BCUT2D eigenvalue weighted by molar-refractivity contribution is -0.0595. The van der Waals surface area contributed by atoms with Gasteiger partial charge in [0.1, 0.15) is 0 Å². The fourth-order valence-electron chi connectivity index (χ4n) is 3.41. The van der Waals surface area contributed by atoms with Gasteiger partial charge in [-0.05, 0) is 72.1 Å². The Morgan fingerprint density at radius 1 is 1.10 bits per heavy atom. The maximum absolute atomic E-state index is 6.24. The summed E-state index contributed by atoms with van der Waals surface area (Å²) < 4.78 is 11.8. The van der Waals surface area contributed by atoms with Crippen LogP contribution < -0.4 is 5.32 Å². The van der Waals surface area contributed by atoms with Gasteiger partial charge in [-0.1, -0.05) is 0 Å². The highest BCUT2D eigenvalue weighted by Crippen LogP contribution is 2.41. The van der Waals surface area contributed by atoms with Crippen molar-refractivity contribution in [2.24, 2.45) is 5.41 Å². The van der Waals surface area contributed by atoms with Gasteiger partial charge in [0.2, 0.25) is 0 Å². The van der Waals surface area contributed by atoms with Crippen LogP contribution in [0.1, 0.15) is 66.7 Å². The van der Waals surface area contributed by atoms with Crippen molar-refractivity contribution in [3.63, 3.8) is 0 Å². The molecule has 2 heterocycles. The second kappa shape index (κ2) is 5.94. The van der Waals surface area contributed by atoms with Gasteiger partial charge in [0, 0.05) is 25.3 Å². The standard InChI is InChI=1S/C17H33NO2/c1-15(2,3)18-13-17(8-10-19-11-9-17)12-14-6-7-16(4,5)20-14/h14,18H,6-13H2,1-5H3. The fraction of sp³-hybridized carbons (Fsp3) is 1.00. The van der Waals surface area contributed by atoms with Gasteiger partial charge in [-0.2, -0.15) is 0 Å². The number of rotatable bonds is 4. The summed E-state index contributed by atoms with van der Waals surface area (Å²) in [5, 5.41) is 3.72. The topological polar surface area (TPSA) is 30.5 Å². The summed E-state index contributed by atoms with van der Waals surface area (Å²) >= 11 is 0. The van der Waals surface area contributed by atoms with Crippen molar-refractivity contribution in [3.8, 4) is 0 Å². The van der Waals surface area contributed by atoms with Crippen molar-refractivity contribution in [3.05, 3.63) is 0 Å². The highest BCUT2D eigenvalue weighted by Gasteiger charge is 2.40. The van der Waals surface area contributed by atoms with E-state index in [1.54, 1.807) is 0 Å². The summed E-state index contributed by atoms with van der Waals surface area (Å²) in [5.74, 6) is 0. The molecule has 2 rings (SSSR count). The van der Waals surface area contributed by atoms with E-state index in [1.165, 1.54) is 19.3 Å². The minimum atomic E-state index is 0.0779. The lowest BCUT2D eigenvalue weighted by Gasteiger charge is -2.41. The Balaban J connectivity index is 1.96. The van der Waals surface area contributed by atoms with Crippen molar-refractivity contribution in [1.82, 2.24) is 5.32 Å². The average molecular weight is 283 g/mol. The molecule has 0 bridgehead atoms. The molecule has 0 aliphatic carbocycles. The zero-order valence-electron chi connectivity index (χ0n) is 14.1. The van der Waals surface area contributed by atoms with E-state index >= 15 is 0 Å². The number of ether oxygens (including phenoxy) is 2. The second-order valence-corrected chi connectivity index (χ2v) is 8.46. The first-order chi connectivity index (χ1) is 9.20. The molecule has 1 N–H and O–H groups in total. The van der Waals surface area contributed by atoms with Gasteiger partial charge in [0.15, 0.2) is 0 Å². The van der Waals surface area contributed by atoms with Crippen LogP contribution in [0.4, 0.5) is 0 Å². The molecule has 2 aliphatic heterocycles. The summed E-state index contributed by atoms with van der Waals surface area (Å²) in [6, 6.07) is 0. The van der Waals surface area contributed by atoms with E-state index in [0.717, 1.165) is 32.6 Å². The van der Waals surface area contributed by atoms with Crippen LogP contribution in [0, 0.1) is 5.41 Å². The molecule has 0 amide bonds. The highest BCUT2D eigenvalue weighted by atomic mass is 16.5. The molecule has 0 aromatic rings. The quantitative estimate of drug-likeness (QED) is 0.856. The molecule has 0 aromatic heterocycles. The van der Waals surface area contributed by atoms with Gasteiger partial charge < -0.3 is 14.8 Å². The SMILES string of the molecule is CC(C)(C)NCC1(CC2CCC(C)(C)O2)CCOCC1. The summed E-state index contributed by atoms with van der Waals surface area (Å²) in [7, 11) is 0. The minimum absolute atomic E-state index is 0.0779. The van der Waals surface area contributed by atoms with Crippen molar-refractivity contribution in [2.75, 3.05) is 19.8 Å². The Kier molecular flexibility index (Phi) is 4.83. The van der Waals surface area contributed by atoms with E-state index in [1.807, 2.05) is 0 Å². The largest absolute Gasteiger partial charge is 0.381 e. The van der Waals surface area contributed by atoms with Crippen molar-refractivity contribution < 1.29 is 9.47 Å². The predicted octanol–water partition coefficient (Wildman–Crippen LogP) is 3.52. The molecule has 0 aromatic carbocycles. The summed E-state index contributed by atoms with van der Waals surface area (Å²) in [5.41, 5.74) is 0.617. The van der Waals surface area contributed by atoms with Gasteiger partial charge in [0.25, 0.3) is 0 Å². The minimum Gasteiger partial charge on any atom is -0.381 e. The first-order valence-corrected chi connectivity index (χ1v) is 8.20. The smallest absolute Gasteiger partial charge is 0.0631 e. The van der Waals surface area contributed by atoms with Crippen molar-refractivity contribution in [2.45, 2.75) is 84.0 Å². The molecule has 2 saturated heterocycles. The van der Waals surface area contributed by atoms with Crippen LogP contribution in [0.2, 0.25) is 0 Å². The summed E-state index contributed by atoms with van der Waals surface area (Å²) in [4.78, 5) is 0. The van der Waals surface area contributed by atoms with Crippen LogP contribution in [0.3, 0.4) is 0 Å². The van der Waals surface area contributed by atoms with Crippen LogP contribution in [0.25, 0.3) is 0 Å². The molecule has 2 aliphatic rings. The first kappa shape index (κ1) is 16.3. The maximum atomic E-state index is 6.24. The Morgan fingerprint density at radius 3 is 2.25 bits per heavy atom. The number of hydrogen-bond acceptors (Lipinski definition) is 3. The van der Waals surface area contributed by atoms with Gasteiger partial charge in [-0.15, -0.1) is 0 Å². The summed E-state index contributed by atoms with van der Waals surface area (Å²) in [6.45, 7) is 14.1. The van der Waals surface area contributed by atoms with Crippen LogP contribution in [-0.4, -0.2) is 37.0 Å². The van der Waals surface area contributed by atoms with E-state index in [0.29, 0.717) is 11.5 Å². The van der Waals surface area contributed by atoms with Gasteiger partial charge in [-0.3, -0.25) is 0 Å². The first-order valence-electron chi connectivity index (χ1n) is 8.20. The molecule has 3 nitrogen and oxygen atoms in total. The van der Waals surface area contributed by atoms with E-state index in [9.17, 15) is 0 Å². The van der Waals surface area contributed by atoms with Gasteiger partial charge in [0.05, 0.1) is 11.7 Å². The molecule has 0 spiro atoms. The second-order valence-electron chi connectivity index (χ2n) is 8.46. The van der Waals surface area contributed by atoms with E-state index in [2.05, 4.69) is 39.9 Å². The van der Waals surface area contributed by atoms with Crippen LogP contribution >= 0.6 is 0 Å². The van der Waals surface area contributed by atoms with E-state index in [-0.39, 0.29) is 11.1 Å². The fourth-order valence-corrected chi connectivity index (χ4v) is 3.41. The van der Waals surface area contributed by atoms with E-state index < -0.39 is 0 Å². The Labute approximate surface area is 124 Å². The molecule has 2 fully saturated rings. The highest BCUT2D eigenvalue weighted by molar-refractivity contribution is 4.92. The molecule has 20 heavy (non-hydrogen) atoms. The molecule has 1 unspecified atom stereocenters. The average Bonchev–Trinajstić information content (AvgIpc) is 2.67. The normalized spacial score (nSPS) is 29.6. The molecular formula is C17H33NO2. The molecule has 0 saturated carbocycles. The third-order valence-corrected chi connectivity index (χ3v) is 4.76. The van der Waals surface area contributed by atoms with Crippen LogP contribution in [-0.2, 0) is 9.47 Å². The molecular weight excluding hydrogens is 250 g/mol. The molecule has 118 valence electrons. The number of hydrogen-bond donors (Lipinski definition) is 1. The maximum Gasteiger partial charge on any atom is 0.0631 e. The molecule has 1 atom stereocenters. The lowest BCUT2D eigenvalue weighted by Crippen LogP contribution is -2.47. The Morgan fingerprint density at radius 2 is 1.75 bits per heavy atom. The summed E-state index contributed by atoms with van der Waals surface area (Å²) in [6.07, 6.45) is 6.35. The number of nitrogens with one attached hydrogen (secondary N) is 1. The van der Waals surface area contributed by atoms with Gasteiger partial charge >= 0.3 is 0 Å². The predicted molar refractivity (Wildman–Crippen MR) is 83.0 cm³/mol. The van der Waals surface area contributed by atoms with Crippen molar-refractivity contribution in [1.29, 1.82) is 0 Å². The van der Waals surface area contributed by atoms with Crippen molar-refractivity contribution >= 4 is 0 Å². The van der Waals surface area contributed by atoms with Gasteiger partial charge in [-0.25, -0.2) is 0 Å². The molecule has 3 heteroatoms. The van der Waals surface area contributed by atoms with Crippen LogP contribution in [0.5, 0.6) is 0 Å². The Hall–Kier alpha value is -0.120. The monoisotopic (exact) mass is 283 g/mol. The van der Waals surface area contributed by atoms with E-state index in [4.69, 9.17) is 9.47 Å². The zero-order valence-corrected chi connectivity index (χ0v) is 14.1. The third-order valence-electron chi connectivity index (χ3n) is 4.76. The Bertz CT molecular complexity index is 313. The molecule has 0 radical (unpaired) electrons. The van der Waals surface area contributed by atoms with Crippen LogP contribution in [0.15, 0.2) is 0 Å².